The molecule has 3 aromatic rings. The Morgan fingerprint density at radius 3 is 2.43 bits per heavy atom. The molecule has 2 heterocycles. The molecule has 8 nitrogen and oxygen atoms in total. The van der Waals surface area contributed by atoms with Gasteiger partial charge >= 0.3 is 0 Å². The molecular formula is C22H25N5O3. The van der Waals surface area contributed by atoms with Gasteiger partial charge in [-0.25, -0.2) is 4.98 Å². The zero-order valence-corrected chi connectivity index (χ0v) is 16.9. The van der Waals surface area contributed by atoms with Crippen LogP contribution in [0.2, 0.25) is 0 Å². The first-order valence-electron chi connectivity index (χ1n) is 9.55. The van der Waals surface area contributed by atoms with Crippen molar-refractivity contribution in [3.63, 3.8) is 0 Å². The summed E-state index contributed by atoms with van der Waals surface area (Å²) in [5.74, 6) is -0.140. The summed E-state index contributed by atoms with van der Waals surface area (Å²) in [6.07, 6.45) is 1.87. The van der Waals surface area contributed by atoms with E-state index in [2.05, 4.69) is 20.6 Å². The highest BCUT2D eigenvalue weighted by Gasteiger charge is 2.23. The van der Waals surface area contributed by atoms with Crippen molar-refractivity contribution >= 4 is 17.6 Å². The Labute approximate surface area is 174 Å². The standard InChI is InChI=1S/C22H25N5O3/c1-13-9-14(2)26-20(13)22(30)27-18(10-15-3-6-17(28)7-4-15)21(29)25-12-16-5-8-19(23)24-11-16/h3-9,11,18,26,28H,10,12H2,1-2H3,(H2,23,24)(H,25,29)(H,27,30)/t18-/m0/s1. The molecule has 0 unspecified atom stereocenters. The van der Waals surface area contributed by atoms with Gasteiger partial charge in [-0.15, -0.1) is 0 Å². The van der Waals surface area contributed by atoms with Gasteiger partial charge in [-0.05, 0) is 54.8 Å². The van der Waals surface area contributed by atoms with Gasteiger partial charge < -0.3 is 26.5 Å². The molecule has 156 valence electrons. The van der Waals surface area contributed by atoms with Gasteiger partial charge in [0.2, 0.25) is 5.91 Å². The topological polar surface area (TPSA) is 133 Å². The number of aryl methyl sites for hydroxylation is 2. The molecule has 0 spiro atoms. The molecule has 2 amide bonds. The largest absolute Gasteiger partial charge is 0.508 e. The van der Waals surface area contributed by atoms with E-state index in [4.69, 9.17) is 5.73 Å². The normalized spacial score (nSPS) is 11.7. The average molecular weight is 407 g/mol. The highest BCUT2D eigenvalue weighted by atomic mass is 16.3. The first-order valence-corrected chi connectivity index (χ1v) is 9.55. The summed E-state index contributed by atoms with van der Waals surface area (Å²) in [5.41, 5.74) is 9.29. The lowest BCUT2D eigenvalue weighted by Crippen LogP contribution is -2.48. The van der Waals surface area contributed by atoms with Gasteiger partial charge in [-0.1, -0.05) is 18.2 Å². The first kappa shape index (κ1) is 20.9. The molecule has 0 saturated heterocycles. The third kappa shape index (κ3) is 5.38. The lowest BCUT2D eigenvalue weighted by molar-refractivity contribution is -0.123. The number of aromatic nitrogens is 2. The van der Waals surface area contributed by atoms with E-state index < -0.39 is 6.04 Å². The minimum Gasteiger partial charge on any atom is -0.508 e. The van der Waals surface area contributed by atoms with Crippen molar-refractivity contribution in [1.82, 2.24) is 20.6 Å². The lowest BCUT2D eigenvalue weighted by Gasteiger charge is -2.19. The van der Waals surface area contributed by atoms with E-state index in [-0.39, 0.29) is 30.5 Å². The number of hydrogen-bond acceptors (Lipinski definition) is 5. The van der Waals surface area contributed by atoms with E-state index in [0.717, 1.165) is 22.4 Å². The van der Waals surface area contributed by atoms with Crippen molar-refractivity contribution in [3.05, 3.63) is 76.7 Å². The third-order valence-corrected chi connectivity index (χ3v) is 4.69. The quantitative estimate of drug-likeness (QED) is 0.408. The van der Waals surface area contributed by atoms with Gasteiger partial charge in [-0.2, -0.15) is 0 Å². The second-order valence-electron chi connectivity index (χ2n) is 7.22. The van der Waals surface area contributed by atoms with Gasteiger partial charge in [0.25, 0.3) is 5.91 Å². The monoisotopic (exact) mass is 407 g/mol. The van der Waals surface area contributed by atoms with Crippen LogP contribution in [-0.2, 0) is 17.8 Å². The van der Waals surface area contributed by atoms with E-state index in [1.54, 1.807) is 42.6 Å². The third-order valence-electron chi connectivity index (χ3n) is 4.69. The van der Waals surface area contributed by atoms with Crippen LogP contribution in [0.25, 0.3) is 0 Å². The van der Waals surface area contributed by atoms with E-state index in [9.17, 15) is 14.7 Å². The second-order valence-corrected chi connectivity index (χ2v) is 7.22. The Kier molecular flexibility index (Phi) is 6.36. The summed E-state index contributed by atoms with van der Waals surface area (Å²) in [4.78, 5) is 32.7. The molecular weight excluding hydrogens is 382 g/mol. The summed E-state index contributed by atoms with van der Waals surface area (Å²) >= 11 is 0. The fraction of sp³-hybridized carbons (Fsp3) is 0.227. The maximum Gasteiger partial charge on any atom is 0.268 e. The molecule has 0 radical (unpaired) electrons. The highest BCUT2D eigenvalue weighted by molar-refractivity contribution is 5.97. The molecule has 0 saturated carbocycles. The number of rotatable bonds is 7. The molecule has 8 heteroatoms. The number of anilines is 1. The molecule has 0 aliphatic carbocycles. The number of nitrogen functional groups attached to an aromatic ring is 1. The van der Waals surface area contributed by atoms with Crippen molar-refractivity contribution in [1.29, 1.82) is 0 Å². The number of aromatic hydroxyl groups is 1. The SMILES string of the molecule is Cc1cc(C)c(C(=O)N[C@@H](Cc2ccc(O)cc2)C(=O)NCc2ccc(N)nc2)[nH]1. The number of phenols is 1. The van der Waals surface area contributed by atoms with Crippen molar-refractivity contribution < 1.29 is 14.7 Å². The van der Waals surface area contributed by atoms with Crippen LogP contribution in [-0.4, -0.2) is 32.9 Å². The second kappa shape index (κ2) is 9.13. The fourth-order valence-corrected chi connectivity index (χ4v) is 3.12. The Balaban J connectivity index is 1.74. The Morgan fingerprint density at radius 1 is 1.13 bits per heavy atom. The van der Waals surface area contributed by atoms with Crippen LogP contribution in [0.3, 0.4) is 0 Å². The van der Waals surface area contributed by atoms with Crippen LogP contribution in [0.15, 0.2) is 48.7 Å². The first-order chi connectivity index (χ1) is 14.3. The number of phenolic OH excluding ortho intramolecular Hbond substituents is 1. The number of nitrogens with zero attached hydrogens (tertiary/aromatic N) is 1. The van der Waals surface area contributed by atoms with Crippen molar-refractivity contribution in [2.45, 2.75) is 32.9 Å². The maximum absolute atomic E-state index is 12.9. The summed E-state index contributed by atoms with van der Waals surface area (Å²) in [5, 5.41) is 15.1. The number of H-pyrrole nitrogens is 1. The number of hydrogen-bond donors (Lipinski definition) is 5. The smallest absolute Gasteiger partial charge is 0.268 e. The van der Waals surface area contributed by atoms with Crippen LogP contribution in [0.1, 0.15) is 32.9 Å². The predicted octanol–water partition coefficient (Wildman–Crippen LogP) is 1.97. The molecule has 0 fully saturated rings. The average Bonchev–Trinajstić information content (AvgIpc) is 3.06. The number of amides is 2. The minimum absolute atomic E-state index is 0.136. The van der Waals surface area contributed by atoms with Crippen molar-refractivity contribution in [3.8, 4) is 5.75 Å². The number of pyridine rings is 1. The predicted molar refractivity (Wildman–Crippen MR) is 114 cm³/mol. The van der Waals surface area contributed by atoms with E-state index in [1.165, 1.54) is 0 Å². The van der Waals surface area contributed by atoms with Gasteiger partial charge in [0.05, 0.1) is 0 Å². The number of carbonyl (C=O) groups excluding carboxylic acids is 2. The van der Waals surface area contributed by atoms with Crippen LogP contribution < -0.4 is 16.4 Å². The number of nitrogens with one attached hydrogen (secondary N) is 3. The zero-order chi connectivity index (χ0) is 21.7. The van der Waals surface area contributed by atoms with E-state index >= 15 is 0 Å². The number of aromatic amines is 1. The van der Waals surface area contributed by atoms with Gasteiger partial charge in [-0.3, -0.25) is 9.59 Å². The molecule has 6 N–H and O–H groups in total. The summed E-state index contributed by atoms with van der Waals surface area (Å²) in [7, 11) is 0. The molecule has 0 aliphatic rings. The van der Waals surface area contributed by atoms with Gasteiger partial charge in [0, 0.05) is 24.9 Å². The molecule has 0 aliphatic heterocycles. The zero-order valence-electron chi connectivity index (χ0n) is 16.9. The van der Waals surface area contributed by atoms with Gasteiger partial charge in [0.15, 0.2) is 0 Å². The maximum atomic E-state index is 12.9. The highest BCUT2D eigenvalue weighted by Crippen LogP contribution is 2.13. The Bertz CT molecular complexity index is 1030. The summed E-state index contributed by atoms with van der Waals surface area (Å²) < 4.78 is 0. The number of benzene rings is 1. The summed E-state index contributed by atoms with van der Waals surface area (Å²) in [6.45, 7) is 3.96. The number of carbonyl (C=O) groups is 2. The Morgan fingerprint density at radius 2 is 1.83 bits per heavy atom. The minimum atomic E-state index is -0.799. The van der Waals surface area contributed by atoms with Crippen LogP contribution in [0, 0.1) is 13.8 Å². The summed E-state index contributed by atoms with van der Waals surface area (Å²) in [6, 6.07) is 11.0. The number of nitrogens with two attached hydrogens (primary N) is 1. The van der Waals surface area contributed by atoms with E-state index in [1.807, 2.05) is 19.9 Å². The molecule has 1 aromatic carbocycles. The fourth-order valence-electron chi connectivity index (χ4n) is 3.12. The Hall–Kier alpha value is -3.81. The molecule has 30 heavy (non-hydrogen) atoms. The molecule has 3 rings (SSSR count). The van der Waals surface area contributed by atoms with Crippen LogP contribution in [0.4, 0.5) is 5.82 Å². The van der Waals surface area contributed by atoms with Crippen LogP contribution in [0.5, 0.6) is 5.75 Å². The molecule has 2 aromatic heterocycles. The van der Waals surface area contributed by atoms with Crippen molar-refractivity contribution in [2.24, 2.45) is 0 Å². The van der Waals surface area contributed by atoms with Crippen LogP contribution >= 0.6 is 0 Å². The molecule has 1 atom stereocenters. The van der Waals surface area contributed by atoms with Gasteiger partial charge in [0.1, 0.15) is 23.3 Å². The lowest BCUT2D eigenvalue weighted by atomic mass is 10.0. The molecule has 0 bridgehead atoms. The van der Waals surface area contributed by atoms with Crippen molar-refractivity contribution in [2.75, 3.05) is 5.73 Å². The van der Waals surface area contributed by atoms with E-state index in [0.29, 0.717) is 11.5 Å².